The van der Waals surface area contributed by atoms with Gasteiger partial charge in [0.25, 0.3) is 5.91 Å². The molecule has 8 heteroatoms. The summed E-state index contributed by atoms with van der Waals surface area (Å²) in [5.74, 6) is 0.650. The molecular weight excluding hydrogens is 454 g/mol. The summed E-state index contributed by atoms with van der Waals surface area (Å²) >= 11 is 0. The lowest BCUT2D eigenvalue weighted by molar-refractivity contribution is -0.119. The van der Waals surface area contributed by atoms with Gasteiger partial charge in [-0.3, -0.25) is 19.3 Å². The van der Waals surface area contributed by atoms with Crippen molar-refractivity contribution < 1.29 is 14.7 Å². The van der Waals surface area contributed by atoms with Gasteiger partial charge in [-0.25, -0.2) is 0 Å². The minimum absolute atomic E-state index is 0.0420. The molecule has 0 spiro atoms. The number of benzene rings is 1. The highest BCUT2D eigenvalue weighted by molar-refractivity contribution is 6.01. The Balaban J connectivity index is 1.35. The molecule has 2 aromatic heterocycles. The van der Waals surface area contributed by atoms with Crippen molar-refractivity contribution in [3.8, 4) is 11.1 Å². The van der Waals surface area contributed by atoms with Gasteiger partial charge in [0.05, 0.1) is 12.3 Å². The van der Waals surface area contributed by atoms with Crippen LogP contribution < -0.4 is 10.6 Å². The molecule has 1 aromatic carbocycles. The van der Waals surface area contributed by atoms with Gasteiger partial charge in [-0.15, -0.1) is 0 Å². The van der Waals surface area contributed by atoms with Gasteiger partial charge in [-0.2, -0.15) is 5.10 Å². The Hall–Kier alpha value is -3.52. The van der Waals surface area contributed by atoms with Crippen LogP contribution in [0, 0.1) is 17.8 Å². The predicted molar refractivity (Wildman–Crippen MR) is 137 cm³/mol. The van der Waals surface area contributed by atoms with Crippen molar-refractivity contribution in [2.45, 2.75) is 58.2 Å². The van der Waals surface area contributed by atoms with Gasteiger partial charge in [-0.05, 0) is 87.1 Å². The Morgan fingerprint density at radius 3 is 2.33 bits per heavy atom. The second-order valence-corrected chi connectivity index (χ2v) is 10.2. The van der Waals surface area contributed by atoms with E-state index in [1.807, 2.05) is 50.2 Å². The molecule has 2 fully saturated rings. The number of carbonyl (C=O) groups is 2. The Kier molecular flexibility index (Phi) is 6.87. The van der Waals surface area contributed by atoms with Crippen LogP contribution in [0.5, 0.6) is 0 Å². The minimum Gasteiger partial charge on any atom is -0.390 e. The number of pyridine rings is 1. The van der Waals surface area contributed by atoms with E-state index in [0.29, 0.717) is 28.9 Å². The van der Waals surface area contributed by atoms with Crippen LogP contribution in [0.4, 0.5) is 5.69 Å². The SMILES string of the molecule is CC(C)n1nccc1C(=O)N[C@H](C(=O)Nc1ccc(-c2cccnc2CO)cc1)C(C1CC1)C1CC1. The summed E-state index contributed by atoms with van der Waals surface area (Å²) < 4.78 is 1.69. The highest BCUT2D eigenvalue weighted by Gasteiger charge is 2.48. The van der Waals surface area contributed by atoms with Gasteiger partial charge in [0.2, 0.25) is 5.91 Å². The molecule has 3 N–H and O–H groups in total. The Morgan fingerprint density at radius 1 is 1.03 bits per heavy atom. The van der Waals surface area contributed by atoms with Crippen molar-refractivity contribution >= 4 is 17.5 Å². The minimum atomic E-state index is -0.605. The molecule has 2 aliphatic carbocycles. The molecule has 0 bridgehead atoms. The lowest BCUT2D eigenvalue weighted by atomic mass is 9.88. The highest BCUT2D eigenvalue weighted by atomic mass is 16.3. The maximum atomic E-state index is 13.6. The van der Waals surface area contributed by atoms with Gasteiger partial charge in [0.1, 0.15) is 11.7 Å². The number of rotatable bonds is 10. The lowest BCUT2D eigenvalue weighted by Crippen LogP contribution is -2.50. The highest BCUT2D eigenvalue weighted by Crippen LogP contribution is 2.51. The number of aliphatic hydroxyl groups is 1. The number of carbonyl (C=O) groups excluding carboxylic acids is 2. The number of hydrogen-bond donors (Lipinski definition) is 3. The Morgan fingerprint density at radius 2 is 1.72 bits per heavy atom. The third-order valence-electron chi connectivity index (χ3n) is 7.18. The fraction of sp³-hybridized carbons (Fsp3) is 0.429. The van der Waals surface area contributed by atoms with Gasteiger partial charge >= 0.3 is 0 Å². The maximum absolute atomic E-state index is 13.6. The first kappa shape index (κ1) is 24.2. The lowest BCUT2D eigenvalue weighted by Gasteiger charge is -2.28. The van der Waals surface area contributed by atoms with E-state index in [4.69, 9.17) is 0 Å². The number of amides is 2. The number of nitrogens with zero attached hydrogens (tertiary/aromatic N) is 3. The molecular formula is C28H33N5O3. The van der Waals surface area contributed by atoms with Gasteiger partial charge < -0.3 is 15.7 Å². The fourth-order valence-electron chi connectivity index (χ4n) is 5.13. The quantitative estimate of drug-likeness (QED) is 0.397. The largest absolute Gasteiger partial charge is 0.390 e. The van der Waals surface area contributed by atoms with E-state index in [1.54, 1.807) is 23.1 Å². The molecule has 2 amide bonds. The maximum Gasteiger partial charge on any atom is 0.270 e. The summed E-state index contributed by atoms with van der Waals surface area (Å²) in [4.78, 5) is 31.1. The molecule has 2 aliphatic rings. The van der Waals surface area contributed by atoms with Crippen LogP contribution in [0.1, 0.15) is 61.8 Å². The molecule has 0 saturated heterocycles. The van der Waals surface area contributed by atoms with Crippen molar-refractivity contribution in [2.24, 2.45) is 17.8 Å². The fourth-order valence-corrected chi connectivity index (χ4v) is 5.13. The summed E-state index contributed by atoms with van der Waals surface area (Å²) in [5.41, 5.74) is 3.50. The van der Waals surface area contributed by atoms with Crippen molar-refractivity contribution in [1.29, 1.82) is 0 Å². The summed E-state index contributed by atoms with van der Waals surface area (Å²) in [7, 11) is 0. The standard InChI is InChI=1S/C28H33N5O3/c1-17(2)33-24(13-15-30-33)27(35)32-26(25(19-5-6-19)20-7-8-20)28(36)31-21-11-9-18(10-12-21)22-4-3-14-29-23(22)16-34/h3-4,9-15,17,19-20,25-26,34H,5-8,16H2,1-2H3,(H,31,36)(H,32,35)/t26-/m0/s1. The van der Waals surface area contributed by atoms with Crippen molar-refractivity contribution in [3.05, 3.63) is 66.2 Å². The smallest absolute Gasteiger partial charge is 0.270 e. The Bertz CT molecular complexity index is 1220. The first-order chi connectivity index (χ1) is 17.5. The Labute approximate surface area is 211 Å². The first-order valence-electron chi connectivity index (χ1n) is 12.8. The first-order valence-corrected chi connectivity index (χ1v) is 12.8. The van der Waals surface area contributed by atoms with Crippen molar-refractivity contribution in [2.75, 3.05) is 5.32 Å². The summed E-state index contributed by atoms with van der Waals surface area (Å²) in [6.45, 7) is 3.81. The van der Waals surface area contributed by atoms with E-state index in [9.17, 15) is 14.7 Å². The van der Waals surface area contributed by atoms with Crippen LogP contribution >= 0.6 is 0 Å². The van der Waals surface area contributed by atoms with E-state index in [0.717, 1.165) is 36.8 Å². The molecule has 2 heterocycles. The van der Waals surface area contributed by atoms with Crippen molar-refractivity contribution in [3.63, 3.8) is 0 Å². The molecule has 0 unspecified atom stereocenters. The molecule has 188 valence electrons. The van der Waals surface area contributed by atoms with Gasteiger partial charge in [-0.1, -0.05) is 18.2 Å². The number of anilines is 1. The van der Waals surface area contributed by atoms with E-state index in [1.165, 1.54) is 0 Å². The van der Waals surface area contributed by atoms with Crippen LogP contribution in [-0.2, 0) is 11.4 Å². The van der Waals surface area contributed by atoms with E-state index in [2.05, 4.69) is 20.7 Å². The molecule has 2 saturated carbocycles. The topological polar surface area (TPSA) is 109 Å². The zero-order valence-electron chi connectivity index (χ0n) is 20.7. The van der Waals surface area contributed by atoms with E-state index < -0.39 is 6.04 Å². The number of nitrogens with one attached hydrogen (secondary N) is 2. The van der Waals surface area contributed by atoms with Crippen LogP contribution in [0.25, 0.3) is 11.1 Å². The van der Waals surface area contributed by atoms with Crippen molar-refractivity contribution in [1.82, 2.24) is 20.1 Å². The number of hydrogen-bond acceptors (Lipinski definition) is 5. The molecule has 0 radical (unpaired) electrons. The van der Waals surface area contributed by atoms with Gasteiger partial charge in [0.15, 0.2) is 0 Å². The average molecular weight is 488 g/mol. The molecule has 5 rings (SSSR count). The summed E-state index contributed by atoms with van der Waals surface area (Å²) in [6.07, 6.45) is 7.71. The van der Waals surface area contributed by atoms with Gasteiger partial charge in [0, 0.05) is 29.7 Å². The zero-order chi connectivity index (χ0) is 25.2. The summed E-state index contributed by atoms with van der Waals surface area (Å²) in [6, 6.07) is 12.4. The molecule has 8 nitrogen and oxygen atoms in total. The molecule has 1 atom stereocenters. The average Bonchev–Trinajstić information content (AvgIpc) is 3.83. The van der Waals surface area contributed by atoms with Crippen LogP contribution in [0.3, 0.4) is 0 Å². The van der Waals surface area contributed by atoms with Crippen LogP contribution in [0.2, 0.25) is 0 Å². The molecule has 0 aliphatic heterocycles. The summed E-state index contributed by atoms with van der Waals surface area (Å²) in [5, 5.41) is 20.0. The van der Waals surface area contributed by atoms with Crippen LogP contribution in [0.15, 0.2) is 54.9 Å². The monoisotopic (exact) mass is 487 g/mol. The van der Waals surface area contributed by atoms with Crippen LogP contribution in [-0.4, -0.2) is 37.7 Å². The third-order valence-corrected chi connectivity index (χ3v) is 7.18. The molecule has 3 aromatic rings. The second kappa shape index (κ2) is 10.2. The normalized spacial score (nSPS) is 16.2. The number of aliphatic hydroxyl groups excluding tert-OH is 1. The molecule has 36 heavy (non-hydrogen) atoms. The van der Waals surface area contributed by atoms with E-state index >= 15 is 0 Å². The number of aromatic nitrogens is 3. The predicted octanol–water partition coefficient (Wildman–Crippen LogP) is 4.19. The van der Waals surface area contributed by atoms with E-state index in [-0.39, 0.29) is 30.4 Å². The zero-order valence-corrected chi connectivity index (χ0v) is 20.7. The third kappa shape index (κ3) is 5.18. The second-order valence-electron chi connectivity index (χ2n) is 10.2.